The highest BCUT2D eigenvalue weighted by Crippen LogP contribution is 2.14. The summed E-state index contributed by atoms with van der Waals surface area (Å²) >= 11 is 0. The Morgan fingerprint density at radius 2 is 2.32 bits per heavy atom. The molecule has 2 N–H and O–H groups in total. The summed E-state index contributed by atoms with van der Waals surface area (Å²) in [6.45, 7) is 1.28. The van der Waals surface area contributed by atoms with Gasteiger partial charge in [-0.3, -0.25) is 14.6 Å². The Bertz CT molecular complexity index is 680. The van der Waals surface area contributed by atoms with Gasteiger partial charge < -0.3 is 15.2 Å². The average Bonchev–Trinajstić information content (AvgIpc) is 2.84. The maximum atomic E-state index is 12.1. The predicted molar refractivity (Wildman–Crippen MR) is 83.1 cm³/mol. The summed E-state index contributed by atoms with van der Waals surface area (Å²) in [5, 5.41) is 6.78. The number of carbonyl (C=O) groups excluding carboxylic acids is 2. The van der Waals surface area contributed by atoms with E-state index in [9.17, 15) is 9.59 Å². The summed E-state index contributed by atoms with van der Waals surface area (Å²) in [7, 11) is 0. The summed E-state index contributed by atoms with van der Waals surface area (Å²) < 4.78 is 2.01. The van der Waals surface area contributed by atoms with Gasteiger partial charge in [0.1, 0.15) is 6.04 Å². The lowest BCUT2D eigenvalue weighted by molar-refractivity contribution is -0.128. The molecule has 1 atom stereocenters. The van der Waals surface area contributed by atoms with Crippen molar-refractivity contribution in [2.45, 2.75) is 38.3 Å². The number of fused-ring (bicyclic) bond motifs is 1. The number of carbonyl (C=O) groups is 2. The zero-order valence-electron chi connectivity index (χ0n) is 12.4. The highest BCUT2D eigenvalue weighted by molar-refractivity contribution is 5.87. The van der Waals surface area contributed by atoms with Gasteiger partial charge in [0, 0.05) is 37.3 Å². The number of pyridine rings is 1. The van der Waals surface area contributed by atoms with Crippen LogP contribution in [-0.2, 0) is 16.1 Å². The van der Waals surface area contributed by atoms with Gasteiger partial charge in [-0.2, -0.15) is 0 Å². The first-order valence-corrected chi connectivity index (χ1v) is 7.70. The normalized spacial score (nSPS) is 18.7. The SMILES string of the molecule is O=C(CCn1ccc2ccncc21)N[C@H]1CCCCNC1=O. The lowest BCUT2D eigenvalue weighted by Gasteiger charge is -2.15. The highest BCUT2D eigenvalue weighted by atomic mass is 16.2. The van der Waals surface area contributed by atoms with Crippen LogP contribution in [0.4, 0.5) is 0 Å². The van der Waals surface area contributed by atoms with E-state index in [0.717, 1.165) is 23.7 Å². The van der Waals surface area contributed by atoms with Crippen LogP contribution in [0.2, 0.25) is 0 Å². The molecule has 22 heavy (non-hydrogen) atoms. The molecule has 3 heterocycles. The molecule has 0 spiro atoms. The molecule has 0 unspecified atom stereocenters. The molecule has 0 radical (unpaired) electrons. The molecule has 1 fully saturated rings. The molecule has 1 aliphatic heterocycles. The monoisotopic (exact) mass is 300 g/mol. The molecule has 2 aromatic heterocycles. The smallest absolute Gasteiger partial charge is 0.242 e. The van der Waals surface area contributed by atoms with E-state index in [4.69, 9.17) is 0 Å². The van der Waals surface area contributed by atoms with E-state index in [1.54, 1.807) is 12.4 Å². The Balaban J connectivity index is 1.57. The van der Waals surface area contributed by atoms with E-state index in [2.05, 4.69) is 15.6 Å². The first-order valence-electron chi connectivity index (χ1n) is 7.70. The number of aryl methyl sites for hydroxylation is 1. The van der Waals surface area contributed by atoms with E-state index >= 15 is 0 Å². The van der Waals surface area contributed by atoms with Gasteiger partial charge in [0.05, 0.1) is 11.7 Å². The Labute approximate surface area is 128 Å². The van der Waals surface area contributed by atoms with Crippen molar-refractivity contribution in [2.75, 3.05) is 6.54 Å². The first-order chi connectivity index (χ1) is 10.7. The van der Waals surface area contributed by atoms with Gasteiger partial charge >= 0.3 is 0 Å². The van der Waals surface area contributed by atoms with Crippen LogP contribution in [0.15, 0.2) is 30.7 Å². The first kappa shape index (κ1) is 14.6. The number of rotatable bonds is 4. The van der Waals surface area contributed by atoms with Crippen molar-refractivity contribution in [2.24, 2.45) is 0 Å². The van der Waals surface area contributed by atoms with E-state index < -0.39 is 6.04 Å². The molecule has 1 saturated heterocycles. The molecule has 0 bridgehead atoms. The van der Waals surface area contributed by atoms with Gasteiger partial charge in [0.2, 0.25) is 11.8 Å². The van der Waals surface area contributed by atoms with Crippen LogP contribution in [0.1, 0.15) is 25.7 Å². The molecule has 116 valence electrons. The van der Waals surface area contributed by atoms with Crippen LogP contribution in [0.3, 0.4) is 0 Å². The minimum absolute atomic E-state index is 0.0681. The number of nitrogens with one attached hydrogen (secondary N) is 2. The van der Waals surface area contributed by atoms with Gasteiger partial charge in [0.25, 0.3) is 0 Å². The lowest BCUT2D eigenvalue weighted by Crippen LogP contribution is -2.45. The van der Waals surface area contributed by atoms with Crippen LogP contribution in [0.5, 0.6) is 0 Å². The summed E-state index contributed by atoms with van der Waals surface area (Å²) in [4.78, 5) is 28.0. The van der Waals surface area contributed by atoms with Crippen molar-refractivity contribution in [3.8, 4) is 0 Å². The van der Waals surface area contributed by atoms with Crippen molar-refractivity contribution < 1.29 is 9.59 Å². The number of aromatic nitrogens is 2. The summed E-state index contributed by atoms with van der Waals surface area (Å²) in [6.07, 6.45) is 8.50. The average molecular weight is 300 g/mol. The molecule has 0 aliphatic carbocycles. The van der Waals surface area contributed by atoms with Gasteiger partial charge in [-0.15, -0.1) is 0 Å². The number of nitrogens with zero attached hydrogens (tertiary/aromatic N) is 2. The van der Waals surface area contributed by atoms with Gasteiger partial charge in [-0.1, -0.05) is 0 Å². The minimum atomic E-state index is -0.391. The van der Waals surface area contributed by atoms with E-state index in [1.807, 2.05) is 22.9 Å². The largest absolute Gasteiger partial charge is 0.354 e. The predicted octanol–water partition coefficient (Wildman–Crippen LogP) is 1.21. The van der Waals surface area contributed by atoms with Crippen LogP contribution in [0, 0.1) is 0 Å². The Kier molecular flexibility index (Phi) is 4.37. The fourth-order valence-electron chi connectivity index (χ4n) is 2.79. The molecule has 3 rings (SSSR count). The molecule has 1 aliphatic rings. The van der Waals surface area contributed by atoms with Crippen molar-refractivity contribution >= 4 is 22.7 Å². The molecule has 0 aromatic carbocycles. The van der Waals surface area contributed by atoms with Gasteiger partial charge in [-0.25, -0.2) is 0 Å². The molecule has 2 amide bonds. The lowest BCUT2D eigenvalue weighted by atomic mass is 10.1. The topological polar surface area (TPSA) is 76.0 Å². The zero-order chi connectivity index (χ0) is 15.4. The minimum Gasteiger partial charge on any atom is -0.354 e. The molecular formula is C16H20N4O2. The van der Waals surface area contributed by atoms with Crippen molar-refractivity contribution in [1.82, 2.24) is 20.2 Å². The van der Waals surface area contributed by atoms with E-state index in [-0.39, 0.29) is 11.8 Å². The van der Waals surface area contributed by atoms with Crippen LogP contribution in [0.25, 0.3) is 10.9 Å². The standard InChI is InChI=1S/C16H20N4O2/c21-15(19-13-3-1-2-7-18-16(13)22)6-10-20-9-5-12-4-8-17-11-14(12)20/h4-5,8-9,11,13H,1-3,6-7,10H2,(H,18,22)(H,19,21)/t13-/m0/s1. The zero-order valence-corrected chi connectivity index (χ0v) is 12.4. The maximum absolute atomic E-state index is 12.1. The molecular weight excluding hydrogens is 280 g/mol. The molecule has 6 heteroatoms. The third-order valence-corrected chi connectivity index (χ3v) is 4.03. The molecule has 2 aromatic rings. The van der Waals surface area contributed by atoms with E-state index in [0.29, 0.717) is 25.9 Å². The summed E-state index contributed by atoms with van der Waals surface area (Å²) in [5.41, 5.74) is 1.02. The summed E-state index contributed by atoms with van der Waals surface area (Å²) in [5.74, 6) is -0.158. The van der Waals surface area contributed by atoms with Crippen molar-refractivity contribution in [1.29, 1.82) is 0 Å². The van der Waals surface area contributed by atoms with Crippen molar-refractivity contribution in [3.63, 3.8) is 0 Å². The Morgan fingerprint density at radius 1 is 1.41 bits per heavy atom. The Morgan fingerprint density at radius 3 is 3.23 bits per heavy atom. The quantitative estimate of drug-likeness (QED) is 0.891. The van der Waals surface area contributed by atoms with E-state index in [1.165, 1.54) is 0 Å². The second-order valence-corrected chi connectivity index (χ2v) is 5.60. The van der Waals surface area contributed by atoms with Gasteiger partial charge in [-0.05, 0) is 31.4 Å². The fraction of sp³-hybridized carbons (Fsp3) is 0.438. The second-order valence-electron chi connectivity index (χ2n) is 5.60. The third-order valence-electron chi connectivity index (χ3n) is 4.03. The third kappa shape index (κ3) is 3.27. The fourth-order valence-corrected chi connectivity index (χ4v) is 2.79. The number of amides is 2. The van der Waals surface area contributed by atoms with Crippen LogP contribution < -0.4 is 10.6 Å². The number of hydrogen-bond acceptors (Lipinski definition) is 3. The number of hydrogen-bond donors (Lipinski definition) is 2. The molecule has 6 nitrogen and oxygen atoms in total. The molecule has 0 saturated carbocycles. The van der Waals surface area contributed by atoms with Crippen molar-refractivity contribution in [3.05, 3.63) is 30.7 Å². The summed E-state index contributed by atoms with van der Waals surface area (Å²) in [6, 6.07) is 3.56. The maximum Gasteiger partial charge on any atom is 0.242 e. The second kappa shape index (κ2) is 6.60. The van der Waals surface area contributed by atoms with Crippen LogP contribution in [-0.4, -0.2) is 34.0 Å². The Hall–Kier alpha value is -2.37. The van der Waals surface area contributed by atoms with Gasteiger partial charge in [0.15, 0.2) is 0 Å². The highest BCUT2D eigenvalue weighted by Gasteiger charge is 2.22. The van der Waals surface area contributed by atoms with Crippen LogP contribution >= 0.6 is 0 Å².